The second kappa shape index (κ2) is 6.29. The average Bonchev–Trinajstić information content (AvgIpc) is 2.83. The molecular weight excluding hydrogens is 297 g/mol. The number of benzene rings is 1. The van der Waals surface area contributed by atoms with Crippen LogP contribution in [0.5, 0.6) is 0 Å². The lowest BCUT2D eigenvalue weighted by Crippen LogP contribution is -2.10. The van der Waals surface area contributed by atoms with Crippen LogP contribution in [0.4, 0.5) is 5.69 Å². The fourth-order valence-corrected chi connectivity index (χ4v) is 2.43. The molecular formula is C14H15Cl2N3O. The van der Waals surface area contributed by atoms with Crippen molar-refractivity contribution in [1.29, 1.82) is 0 Å². The maximum atomic E-state index is 12.3. The standard InChI is InChI=1S/C14H15Cl2N3O/c1-2-4-19-5-3-18-13(19)8-12(20)9-6-10(15)14(17)11(16)7-9/h3,5-7H,2,4,8,17H2,1H3. The van der Waals surface area contributed by atoms with Crippen LogP contribution in [0.25, 0.3) is 0 Å². The molecule has 0 saturated heterocycles. The topological polar surface area (TPSA) is 60.9 Å². The molecule has 0 bridgehead atoms. The number of hydrogen-bond donors (Lipinski definition) is 1. The van der Waals surface area contributed by atoms with E-state index in [1.165, 1.54) is 12.1 Å². The van der Waals surface area contributed by atoms with E-state index < -0.39 is 0 Å². The van der Waals surface area contributed by atoms with E-state index in [1.807, 2.05) is 10.8 Å². The predicted molar refractivity (Wildman–Crippen MR) is 81.4 cm³/mol. The summed E-state index contributed by atoms with van der Waals surface area (Å²) in [5.74, 6) is 0.651. The van der Waals surface area contributed by atoms with Gasteiger partial charge in [0.1, 0.15) is 5.82 Å². The zero-order chi connectivity index (χ0) is 14.7. The Morgan fingerprint density at radius 1 is 1.35 bits per heavy atom. The van der Waals surface area contributed by atoms with E-state index in [1.54, 1.807) is 6.20 Å². The predicted octanol–water partition coefficient (Wildman–Crippen LogP) is 3.61. The Kier molecular flexibility index (Phi) is 4.68. The summed E-state index contributed by atoms with van der Waals surface area (Å²) in [7, 11) is 0. The molecule has 2 aromatic rings. The molecule has 6 heteroatoms. The number of aryl methyl sites for hydroxylation is 1. The van der Waals surface area contributed by atoms with Gasteiger partial charge in [0.2, 0.25) is 0 Å². The average molecular weight is 312 g/mol. The first-order valence-corrected chi connectivity index (χ1v) is 7.06. The number of carbonyl (C=O) groups is 1. The minimum absolute atomic E-state index is 0.0858. The first-order chi connectivity index (χ1) is 9.52. The zero-order valence-electron chi connectivity index (χ0n) is 11.1. The van der Waals surface area contributed by atoms with E-state index in [-0.39, 0.29) is 27.9 Å². The van der Waals surface area contributed by atoms with Crippen molar-refractivity contribution in [3.05, 3.63) is 46.0 Å². The number of nitrogens with two attached hydrogens (primary N) is 1. The van der Waals surface area contributed by atoms with E-state index in [2.05, 4.69) is 11.9 Å². The van der Waals surface area contributed by atoms with Crippen molar-refractivity contribution in [3.8, 4) is 0 Å². The number of aromatic nitrogens is 2. The van der Waals surface area contributed by atoms with Gasteiger partial charge in [-0.2, -0.15) is 0 Å². The Hall–Kier alpha value is -1.52. The van der Waals surface area contributed by atoms with Crippen LogP contribution >= 0.6 is 23.2 Å². The summed E-state index contributed by atoms with van der Waals surface area (Å²) in [4.78, 5) is 16.5. The van der Waals surface area contributed by atoms with E-state index >= 15 is 0 Å². The van der Waals surface area contributed by atoms with Gasteiger partial charge in [-0.1, -0.05) is 30.1 Å². The molecule has 1 aromatic heterocycles. The van der Waals surface area contributed by atoms with Gasteiger partial charge in [-0.25, -0.2) is 4.98 Å². The van der Waals surface area contributed by atoms with E-state index in [0.717, 1.165) is 18.8 Å². The van der Waals surface area contributed by atoms with Gasteiger partial charge in [0.25, 0.3) is 0 Å². The van der Waals surface area contributed by atoms with Crippen molar-refractivity contribution in [2.45, 2.75) is 26.3 Å². The maximum absolute atomic E-state index is 12.3. The summed E-state index contributed by atoms with van der Waals surface area (Å²) >= 11 is 11.9. The van der Waals surface area contributed by atoms with Crippen LogP contribution in [0.15, 0.2) is 24.5 Å². The monoisotopic (exact) mass is 311 g/mol. The van der Waals surface area contributed by atoms with Crippen LogP contribution in [0.2, 0.25) is 10.0 Å². The number of rotatable bonds is 5. The normalized spacial score (nSPS) is 10.8. The molecule has 0 atom stereocenters. The number of carbonyl (C=O) groups excluding carboxylic acids is 1. The van der Waals surface area contributed by atoms with Gasteiger partial charge in [0, 0.05) is 24.5 Å². The summed E-state index contributed by atoms with van der Waals surface area (Å²) in [6.45, 7) is 2.91. The molecule has 4 nitrogen and oxygen atoms in total. The molecule has 0 aliphatic heterocycles. The molecule has 20 heavy (non-hydrogen) atoms. The van der Waals surface area contributed by atoms with Crippen molar-refractivity contribution in [2.75, 3.05) is 5.73 Å². The van der Waals surface area contributed by atoms with Gasteiger partial charge in [0.15, 0.2) is 5.78 Å². The molecule has 0 radical (unpaired) electrons. The molecule has 0 aliphatic rings. The highest BCUT2D eigenvalue weighted by Gasteiger charge is 2.14. The molecule has 106 valence electrons. The van der Waals surface area contributed by atoms with Gasteiger partial charge in [-0.3, -0.25) is 4.79 Å². The largest absolute Gasteiger partial charge is 0.396 e. The van der Waals surface area contributed by atoms with Gasteiger partial charge < -0.3 is 10.3 Å². The molecule has 1 aromatic carbocycles. The lowest BCUT2D eigenvalue weighted by molar-refractivity contribution is 0.0989. The fourth-order valence-electron chi connectivity index (χ4n) is 1.94. The molecule has 1 heterocycles. The second-order valence-corrected chi connectivity index (χ2v) is 5.30. The molecule has 2 N–H and O–H groups in total. The minimum Gasteiger partial charge on any atom is -0.396 e. The molecule has 0 amide bonds. The van der Waals surface area contributed by atoms with Crippen LogP contribution in [0.1, 0.15) is 29.5 Å². The number of nitrogens with zero attached hydrogens (tertiary/aromatic N) is 2. The quantitative estimate of drug-likeness (QED) is 0.678. The Morgan fingerprint density at radius 2 is 2.00 bits per heavy atom. The third-order valence-electron chi connectivity index (χ3n) is 2.99. The number of halogens is 2. The van der Waals surface area contributed by atoms with E-state index in [4.69, 9.17) is 28.9 Å². The second-order valence-electron chi connectivity index (χ2n) is 4.49. The first-order valence-electron chi connectivity index (χ1n) is 6.30. The summed E-state index contributed by atoms with van der Waals surface area (Å²) < 4.78 is 1.97. The Balaban J connectivity index is 2.22. The lowest BCUT2D eigenvalue weighted by atomic mass is 10.1. The minimum atomic E-state index is -0.0858. The SMILES string of the molecule is CCCn1ccnc1CC(=O)c1cc(Cl)c(N)c(Cl)c1. The summed E-state index contributed by atoms with van der Waals surface area (Å²) in [6.07, 6.45) is 4.76. The third kappa shape index (κ3) is 3.14. The Morgan fingerprint density at radius 3 is 2.60 bits per heavy atom. The highest BCUT2D eigenvalue weighted by Crippen LogP contribution is 2.29. The smallest absolute Gasteiger partial charge is 0.170 e. The number of hydrogen-bond acceptors (Lipinski definition) is 3. The van der Waals surface area contributed by atoms with Crippen LogP contribution in [0, 0.1) is 0 Å². The van der Waals surface area contributed by atoms with Gasteiger partial charge in [-0.15, -0.1) is 0 Å². The van der Waals surface area contributed by atoms with E-state index in [0.29, 0.717) is 5.56 Å². The first kappa shape index (κ1) is 14.9. The molecule has 0 spiro atoms. The number of anilines is 1. The zero-order valence-corrected chi connectivity index (χ0v) is 12.6. The third-order valence-corrected chi connectivity index (χ3v) is 3.61. The number of Topliss-reactive ketones (excluding diaryl/α,β-unsaturated/α-hetero) is 1. The van der Waals surface area contributed by atoms with Gasteiger partial charge >= 0.3 is 0 Å². The number of ketones is 1. The number of nitrogen functional groups attached to an aromatic ring is 1. The van der Waals surface area contributed by atoms with Crippen molar-refractivity contribution in [3.63, 3.8) is 0 Å². The molecule has 0 saturated carbocycles. The molecule has 0 aliphatic carbocycles. The molecule has 0 unspecified atom stereocenters. The van der Waals surface area contributed by atoms with Crippen LogP contribution in [-0.4, -0.2) is 15.3 Å². The van der Waals surface area contributed by atoms with Crippen molar-refractivity contribution in [1.82, 2.24) is 9.55 Å². The van der Waals surface area contributed by atoms with Crippen molar-refractivity contribution < 1.29 is 4.79 Å². The van der Waals surface area contributed by atoms with Gasteiger partial charge in [-0.05, 0) is 18.6 Å². The molecule has 2 rings (SSSR count). The Labute approximate surface area is 127 Å². The van der Waals surface area contributed by atoms with Crippen molar-refractivity contribution >= 4 is 34.7 Å². The Bertz CT molecular complexity index is 614. The van der Waals surface area contributed by atoms with Crippen LogP contribution in [0.3, 0.4) is 0 Å². The fraction of sp³-hybridized carbons (Fsp3) is 0.286. The summed E-state index contributed by atoms with van der Waals surface area (Å²) in [5, 5.41) is 0.579. The maximum Gasteiger partial charge on any atom is 0.170 e. The summed E-state index contributed by atoms with van der Waals surface area (Å²) in [6, 6.07) is 3.08. The highest BCUT2D eigenvalue weighted by molar-refractivity contribution is 6.39. The lowest BCUT2D eigenvalue weighted by Gasteiger charge is -2.07. The summed E-state index contributed by atoms with van der Waals surface area (Å²) in [5.41, 5.74) is 6.39. The van der Waals surface area contributed by atoms with Crippen molar-refractivity contribution in [2.24, 2.45) is 0 Å². The highest BCUT2D eigenvalue weighted by atomic mass is 35.5. The molecule has 0 fully saturated rings. The van der Waals surface area contributed by atoms with Gasteiger partial charge in [0.05, 0.1) is 22.2 Å². The number of imidazole rings is 1. The van der Waals surface area contributed by atoms with Crippen LogP contribution in [-0.2, 0) is 13.0 Å². The van der Waals surface area contributed by atoms with E-state index in [9.17, 15) is 4.79 Å². The van der Waals surface area contributed by atoms with Crippen LogP contribution < -0.4 is 5.73 Å².